The van der Waals surface area contributed by atoms with Gasteiger partial charge in [0.25, 0.3) is 5.91 Å². The summed E-state index contributed by atoms with van der Waals surface area (Å²) in [5.41, 5.74) is 1.57. The molecular weight excluding hydrogens is 320 g/mol. The van der Waals surface area contributed by atoms with Gasteiger partial charge in [-0.25, -0.2) is 0 Å². The molecule has 0 radical (unpaired) electrons. The summed E-state index contributed by atoms with van der Waals surface area (Å²) in [6.07, 6.45) is -0.952. The minimum absolute atomic E-state index is 0.0764. The number of aliphatic hydroxyl groups is 1. The quantitative estimate of drug-likeness (QED) is 0.840. The lowest BCUT2D eigenvalue weighted by Gasteiger charge is -2.28. The fraction of sp³-hybridized carbons (Fsp3) is 0.263. The number of amides is 2. The molecule has 2 N–H and O–H groups in total. The molecule has 0 fully saturated rings. The van der Waals surface area contributed by atoms with E-state index in [1.54, 1.807) is 18.2 Å². The molecule has 0 bridgehead atoms. The Morgan fingerprint density at radius 3 is 2.60 bits per heavy atom. The van der Waals surface area contributed by atoms with E-state index in [1.165, 1.54) is 4.90 Å². The van der Waals surface area contributed by atoms with Gasteiger partial charge in [-0.15, -0.1) is 0 Å². The Hall–Kier alpha value is -2.86. The van der Waals surface area contributed by atoms with E-state index >= 15 is 0 Å². The summed E-state index contributed by atoms with van der Waals surface area (Å²) >= 11 is 0. The van der Waals surface area contributed by atoms with E-state index in [0.717, 1.165) is 5.56 Å². The van der Waals surface area contributed by atoms with Crippen LogP contribution in [0.15, 0.2) is 54.6 Å². The molecule has 0 aromatic heterocycles. The highest BCUT2D eigenvalue weighted by Crippen LogP contribution is 2.29. The van der Waals surface area contributed by atoms with Gasteiger partial charge in [-0.2, -0.15) is 0 Å². The van der Waals surface area contributed by atoms with Gasteiger partial charge < -0.3 is 20.1 Å². The monoisotopic (exact) mass is 340 g/mol. The lowest BCUT2D eigenvalue weighted by molar-refractivity contribution is -0.138. The second-order valence-corrected chi connectivity index (χ2v) is 5.82. The SMILES string of the molecule is O=C1Nc2ccccc2OC1CC(=O)N(CCO)Cc1ccccc1. The Kier molecular flexibility index (Phi) is 5.30. The van der Waals surface area contributed by atoms with Crippen LogP contribution in [0.1, 0.15) is 12.0 Å². The summed E-state index contributed by atoms with van der Waals surface area (Å²) in [5.74, 6) is -0.0233. The van der Waals surface area contributed by atoms with Gasteiger partial charge in [0.05, 0.1) is 18.7 Å². The first-order valence-electron chi connectivity index (χ1n) is 8.16. The van der Waals surface area contributed by atoms with Crippen LogP contribution in [0.2, 0.25) is 0 Å². The van der Waals surface area contributed by atoms with E-state index < -0.39 is 6.10 Å². The van der Waals surface area contributed by atoms with Gasteiger partial charge in [-0.1, -0.05) is 42.5 Å². The topological polar surface area (TPSA) is 78.9 Å². The first-order valence-corrected chi connectivity index (χ1v) is 8.16. The van der Waals surface area contributed by atoms with Crippen molar-refractivity contribution in [2.75, 3.05) is 18.5 Å². The largest absolute Gasteiger partial charge is 0.478 e. The number of para-hydroxylation sites is 2. The minimum Gasteiger partial charge on any atom is -0.478 e. The van der Waals surface area contributed by atoms with Gasteiger partial charge >= 0.3 is 0 Å². The molecule has 1 unspecified atom stereocenters. The van der Waals surface area contributed by atoms with Gasteiger partial charge in [0, 0.05) is 13.1 Å². The molecule has 2 aromatic carbocycles. The van der Waals surface area contributed by atoms with E-state index in [-0.39, 0.29) is 31.4 Å². The normalized spacial score (nSPS) is 15.7. The van der Waals surface area contributed by atoms with Crippen molar-refractivity contribution in [3.63, 3.8) is 0 Å². The molecule has 1 heterocycles. The number of hydrogen-bond acceptors (Lipinski definition) is 4. The third kappa shape index (κ3) is 4.16. The lowest BCUT2D eigenvalue weighted by atomic mass is 10.1. The first kappa shape index (κ1) is 17.0. The van der Waals surface area contributed by atoms with Gasteiger partial charge in [-0.05, 0) is 17.7 Å². The summed E-state index contributed by atoms with van der Waals surface area (Å²) in [7, 11) is 0. The number of hydrogen-bond donors (Lipinski definition) is 2. The number of nitrogens with zero attached hydrogens (tertiary/aromatic N) is 1. The Labute approximate surface area is 146 Å². The number of ether oxygens (including phenoxy) is 1. The maximum absolute atomic E-state index is 12.6. The lowest BCUT2D eigenvalue weighted by Crippen LogP contribution is -2.42. The number of aliphatic hydroxyl groups excluding tert-OH is 1. The van der Waals surface area contributed by atoms with E-state index in [0.29, 0.717) is 18.0 Å². The zero-order chi connectivity index (χ0) is 17.6. The maximum atomic E-state index is 12.6. The number of anilines is 1. The van der Waals surface area contributed by atoms with Crippen LogP contribution >= 0.6 is 0 Å². The number of nitrogens with one attached hydrogen (secondary N) is 1. The average Bonchev–Trinajstić information content (AvgIpc) is 2.63. The molecule has 1 aliphatic heterocycles. The van der Waals surface area contributed by atoms with Crippen molar-refractivity contribution in [3.8, 4) is 5.75 Å². The highest BCUT2D eigenvalue weighted by Gasteiger charge is 2.31. The highest BCUT2D eigenvalue weighted by molar-refractivity contribution is 5.99. The van der Waals surface area contributed by atoms with Gasteiger partial charge in [0.15, 0.2) is 6.10 Å². The van der Waals surface area contributed by atoms with Crippen molar-refractivity contribution in [1.82, 2.24) is 4.90 Å². The van der Waals surface area contributed by atoms with Crippen LogP contribution in [-0.2, 0) is 16.1 Å². The number of benzene rings is 2. The van der Waals surface area contributed by atoms with Crippen molar-refractivity contribution in [1.29, 1.82) is 0 Å². The smallest absolute Gasteiger partial charge is 0.266 e. The summed E-state index contributed by atoms with van der Waals surface area (Å²) in [4.78, 5) is 26.3. The van der Waals surface area contributed by atoms with Crippen LogP contribution in [0, 0.1) is 0 Å². The fourth-order valence-electron chi connectivity index (χ4n) is 2.73. The molecule has 1 aliphatic rings. The number of rotatable bonds is 6. The molecule has 3 rings (SSSR count). The average molecular weight is 340 g/mol. The zero-order valence-electron chi connectivity index (χ0n) is 13.7. The highest BCUT2D eigenvalue weighted by atomic mass is 16.5. The zero-order valence-corrected chi connectivity index (χ0v) is 13.7. The van der Waals surface area contributed by atoms with Crippen LogP contribution < -0.4 is 10.1 Å². The Morgan fingerprint density at radius 2 is 1.84 bits per heavy atom. The van der Waals surface area contributed by atoms with Crippen LogP contribution in [0.25, 0.3) is 0 Å². The van der Waals surface area contributed by atoms with Crippen molar-refractivity contribution >= 4 is 17.5 Å². The second kappa shape index (κ2) is 7.81. The van der Waals surface area contributed by atoms with Crippen molar-refractivity contribution in [3.05, 3.63) is 60.2 Å². The van der Waals surface area contributed by atoms with E-state index in [2.05, 4.69) is 5.32 Å². The van der Waals surface area contributed by atoms with Crippen molar-refractivity contribution < 1.29 is 19.4 Å². The third-order valence-corrected chi connectivity index (χ3v) is 4.01. The summed E-state index contributed by atoms with van der Waals surface area (Å²) in [6, 6.07) is 16.6. The molecule has 1 atom stereocenters. The Bertz CT molecular complexity index is 748. The van der Waals surface area contributed by atoms with Crippen molar-refractivity contribution in [2.45, 2.75) is 19.1 Å². The maximum Gasteiger partial charge on any atom is 0.266 e. The number of carbonyl (C=O) groups excluding carboxylic acids is 2. The van der Waals surface area contributed by atoms with E-state index in [1.807, 2.05) is 36.4 Å². The fourth-order valence-corrected chi connectivity index (χ4v) is 2.73. The molecule has 6 heteroatoms. The van der Waals surface area contributed by atoms with E-state index in [9.17, 15) is 14.7 Å². The number of fused-ring (bicyclic) bond motifs is 1. The van der Waals surface area contributed by atoms with Crippen LogP contribution in [0.3, 0.4) is 0 Å². The molecule has 6 nitrogen and oxygen atoms in total. The molecule has 0 aliphatic carbocycles. The molecule has 2 aromatic rings. The van der Waals surface area contributed by atoms with Crippen LogP contribution in [0.5, 0.6) is 5.75 Å². The molecule has 130 valence electrons. The summed E-state index contributed by atoms with van der Waals surface area (Å²) in [6.45, 7) is 0.447. The van der Waals surface area contributed by atoms with Gasteiger partial charge in [-0.3, -0.25) is 9.59 Å². The van der Waals surface area contributed by atoms with Gasteiger partial charge in [0.2, 0.25) is 5.91 Å². The molecule has 0 saturated heterocycles. The van der Waals surface area contributed by atoms with Crippen LogP contribution in [0.4, 0.5) is 5.69 Å². The Morgan fingerprint density at radius 1 is 1.12 bits per heavy atom. The third-order valence-electron chi connectivity index (χ3n) is 4.01. The molecular formula is C19H20N2O4. The molecule has 0 spiro atoms. The van der Waals surface area contributed by atoms with Crippen LogP contribution in [-0.4, -0.2) is 41.1 Å². The van der Waals surface area contributed by atoms with E-state index in [4.69, 9.17) is 4.74 Å². The Balaban J connectivity index is 1.68. The standard InChI is InChI=1S/C19H20N2O4/c22-11-10-21(13-14-6-2-1-3-7-14)18(23)12-17-19(24)20-15-8-4-5-9-16(15)25-17/h1-9,17,22H,10-13H2,(H,20,24). The molecule has 25 heavy (non-hydrogen) atoms. The summed E-state index contributed by atoms with van der Waals surface area (Å²) in [5, 5.41) is 12.0. The van der Waals surface area contributed by atoms with Crippen molar-refractivity contribution in [2.24, 2.45) is 0 Å². The predicted octanol–water partition coefficient (Wildman–Crippen LogP) is 1.80. The second-order valence-electron chi connectivity index (χ2n) is 5.82. The molecule has 2 amide bonds. The minimum atomic E-state index is -0.876. The predicted molar refractivity (Wildman–Crippen MR) is 93.0 cm³/mol. The molecule has 0 saturated carbocycles. The number of carbonyl (C=O) groups is 2. The van der Waals surface area contributed by atoms with Gasteiger partial charge in [0.1, 0.15) is 5.75 Å². The first-order chi connectivity index (χ1) is 12.2. The summed E-state index contributed by atoms with van der Waals surface area (Å²) < 4.78 is 5.67.